The van der Waals surface area contributed by atoms with E-state index in [2.05, 4.69) is 26.2 Å². The van der Waals surface area contributed by atoms with E-state index in [4.69, 9.17) is 9.84 Å². The lowest BCUT2D eigenvalue weighted by molar-refractivity contribution is 0.168. The maximum atomic E-state index is 12.6. The van der Waals surface area contributed by atoms with E-state index in [-0.39, 0.29) is 37.0 Å². The van der Waals surface area contributed by atoms with E-state index in [1.165, 1.54) is 23.7 Å². The fourth-order valence-electron chi connectivity index (χ4n) is 1.60. The predicted molar refractivity (Wildman–Crippen MR) is 79.2 cm³/mol. The Bertz CT molecular complexity index is 538. The molecule has 0 unspecified atom stereocenters. The van der Waals surface area contributed by atoms with E-state index in [1.54, 1.807) is 7.05 Å². The molecule has 20 heavy (non-hydrogen) atoms. The van der Waals surface area contributed by atoms with E-state index in [1.807, 2.05) is 0 Å². The van der Waals surface area contributed by atoms with Gasteiger partial charge in [-0.3, -0.25) is 0 Å². The maximum Gasteiger partial charge on any atom is 0.246 e. The van der Waals surface area contributed by atoms with E-state index >= 15 is 0 Å². The molecule has 0 aliphatic heterocycles. The van der Waals surface area contributed by atoms with Crippen molar-refractivity contribution in [1.82, 2.24) is 9.29 Å². The quantitative estimate of drug-likeness (QED) is 0.695. The van der Waals surface area contributed by atoms with Gasteiger partial charge in [-0.15, -0.1) is 0 Å². The van der Waals surface area contributed by atoms with Crippen molar-refractivity contribution in [2.24, 2.45) is 0 Å². The zero-order chi connectivity index (χ0) is 15.2. The van der Waals surface area contributed by atoms with Crippen LogP contribution in [0.4, 0.5) is 5.82 Å². The standard InChI is InChI=1S/C11H18BrN3O4S/c1-13-11-10(7-9(12)8-14-11)20(17,18)15(3-5-16)4-6-19-2/h7-8,16H,3-6H2,1-2H3,(H,13,14). The van der Waals surface area contributed by atoms with Crippen LogP contribution >= 0.6 is 15.9 Å². The van der Waals surface area contributed by atoms with Crippen molar-refractivity contribution in [3.63, 3.8) is 0 Å². The van der Waals surface area contributed by atoms with Crippen molar-refractivity contribution in [3.05, 3.63) is 16.7 Å². The van der Waals surface area contributed by atoms with E-state index in [0.29, 0.717) is 4.47 Å². The molecule has 1 rings (SSSR count). The number of nitrogens with zero attached hydrogens (tertiary/aromatic N) is 2. The Morgan fingerprint density at radius 3 is 2.75 bits per heavy atom. The second-order valence-electron chi connectivity index (χ2n) is 3.87. The average Bonchev–Trinajstić information content (AvgIpc) is 2.43. The molecule has 0 aromatic carbocycles. The van der Waals surface area contributed by atoms with Crippen LogP contribution in [0.2, 0.25) is 0 Å². The summed E-state index contributed by atoms with van der Waals surface area (Å²) in [5.74, 6) is 0.258. The second-order valence-corrected chi connectivity index (χ2v) is 6.69. The number of pyridine rings is 1. The summed E-state index contributed by atoms with van der Waals surface area (Å²) in [7, 11) is -0.675. The Kier molecular flexibility index (Phi) is 6.83. The number of anilines is 1. The molecular weight excluding hydrogens is 350 g/mol. The van der Waals surface area contributed by atoms with Gasteiger partial charge in [0.15, 0.2) is 0 Å². The fourth-order valence-corrected chi connectivity index (χ4v) is 3.67. The number of aliphatic hydroxyl groups excluding tert-OH is 1. The van der Waals surface area contributed by atoms with Crippen molar-refractivity contribution >= 4 is 31.8 Å². The number of hydrogen-bond donors (Lipinski definition) is 2. The van der Waals surface area contributed by atoms with E-state index in [9.17, 15) is 8.42 Å². The summed E-state index contributed by atoms with van der Waals surface area (Å²) in [6.45, 7) is 0.144. The lowest BCUT2D eigenvalue weighted by atomic mass is 10.4. The first-order chi connectivity index (χ1) is 9.47. The summed E-state index contributed by atoms with van der Waals surface area (Å²) in [5.41, 5.74) is 0. The van der Waals surface area contributed by atoms with Gasteiger partial charge in [-0.05, 0) is 22.0 Å². The van der Waals surface area contributed by atoms with Gasteiger partial charge in [-0.25, -0.2) is 13.4 Å². The van der Waals surface area contributed by atoms with Crippen LogP contribution in [0.15, 0.2) is 21.6 Å². The van der Waals surface area contributed by atoms with Crippen LogP contribution in [0.25, 0.3) is 0 Å². The SMILES string of the molecule is CNc1ncc(Br)cc1S(=O)(=O)N(CCO)CCOC. The van der Waals surface area contributed by atoms with Gasteiger partial charge in [0.25, 0.3) is 0 Å². The first kappa shape index (κ1) is 17.3. The summed E-state index contributed by atoms with van der Waals surface area (Å²) in [4.78, 5) is 4.08. The predicted octanol–water partition coefficient (Wildman–Crippen LogP) is 0.515. The smallest absolute Gasteiger partial charge is 0.246 e. The Hall–Kier alpha value is -0.740. The fraction of sp³-hybridized carbons (Fsp3) is 0.545. The van der Waals surface area contributed by atoms with Gasteiger partial charge in [0, 0.05) is 37.9 Å². The van der Waals surface area contributed by atoms with Crippen LogP contribution in [0.3, 0.4) is 0 Å². The molecule has 7 nitrogen and oxygen atoms in total. The summed E-state index contributed by atoms with van der Waals surface area (Å²) in [6.07, 6.45) is 1.51. The Morgan fingerprint density at radius 1 is 1.50 bits per heavy atom. The zero-order valence-corrected chi connectivity index (χ0v) is 13.7. The first-order valence-corrected chi connectivity index (χ1v) is 8.14. The Morgan fingerprint density at radius 2 is 2.20 bits per heavy atom. The zero-order valence-electron chi connectivity index (χ0n) is 11.3. The monoisotopic (exact) mass is 367 g/mol. The Labute approximate surface area is 127 Å². The number of methoxy groups -OCH3 is 1. The second kappa shape index (κ2) is 7.89. The van der Waals surface area contributed by atoms with Crippen molar-refractivity contribution in [2.45, 2.75) is 4.90 Å². The van der Waals surface area contributed by atoms with E-state index in [0.717, 1.165) is 0 Å². The lowest BCUT2D eigenvalue weighted by Gasteiger charge is -2.22. The number of aromatic nitrogens is 1. The molecule has 1 aromatic rings. The van der Waals surface area contributed by atoms with Gasteiger partial charge in [-0.1, -0.05) is 0 Å². The number of ether oxygens (including phenoxy) is 1. The molecule has 2 N–H and O–H groups in total. The van der Waals surface area contributed by atoms with Crippen molar-refractivity contribution in [2.75, 3.05) is 45.8 Å². The normalized spacial score (nSPS) is 11.8. The largest absolute Gasteiger partial charge is 0.395 e. The number of hydrogen-bond acceptors (Lipinski definition) is 6. The third-order valence-corrected chi connectivity index (χ3v) is 4.91. The van der Waals surface area contributed by atoms with Gasteiger partial charge in [0.2, 0.25) is 10.0 Å². The highest BCUT2D eigenvalue weighted by Crippen LogP contribution is 2.25. The molecule has 0 saturated heterocycles. The topological polar surface area (TPSA) is 91.8 Å². The molecule has 114 valence electrons. The van der Waals surface area contributed by atoms with Crippen molar-refractivity contribution in [1.29, 1.82) is 0 Å². The van der Waals surface area contributed by atoms with Crippen LogP contribution < -0.4 is 5.32 Å². The molecule has 0 aliphatic carbocycles. The summed E-state index contributed by atoms with van der Waals surface area (Å²) in [6, 6.07) is 1.48. The number of aliphatic hydroxyl groups is 1. The summed E-state index contributed by atoms with van der Waals surface area (Å²) < 4.78 is 31.9. The molecule has 1 aromatic heterocycles. The van der Waals surface area contributed by atoms with Crippen LogP contribution in [0, 0.1) is 0 Å². The van der Waals surface area contributed by atoms with Gasteiger partial charge in [0.05, 0.1) is 13.2 Å². The average molecular weight is 368 g/mol. The van der Waals surface area contributed by atoms with Gasteiger partial charge in [0.1, 0.15) is 10.7 Å². The molecule has 0 bridgehead atoms. The minimum Gasteiger partial charge on any atom is -0.395 e. The molecule has 1 heterocycles. The minimum absolute atomic E-state index is 0.00135. The van der Waals surface area contributed by atoms with Crippen LogP contribution in [0.5, 0.6) is 0 Å². The molecule has 0 aliphatic rings. The molecule has 9 heteroatoms. The number of nitrogens with one attached hydrogen (secondary N) is 1. The molecule has 0 saturated carbocycles. The summed E-state index contributed by atoms with van der Waals surface area (Å²) in [5, 5.41) is 11.8. The van der Waals surface area contributed by atoms with Crippen LogP contribution in [-0.4, -0.2) is 63.3 Å². The van der Waals surface area contributed by atoms with Crippen molar-refractivity contribution in [3.8, 4) is 0 Å². The molecule has 0 atom stereocenters. The van der Waals surface area contributed by atoms with Gasteiger partial charge >= 0.3 is 0 Å². The summed E-state index contributed by atoms with van der Waals surface area (Å²) >= 11 is 3.21. The maximum absolute atomic E-state index is 12.6. The third kappa shape index (κ3) is 4.13. The van der Waals surface area contributed by atoms with Crippen LogP contribution in [0.1, 0.15) is 0 Å². The third-order valence-electron chi connectivity index (χ3n) is 2.57. The molecule has 0 radical (unpaired) electrons. The molecular formula is C11H18BrN3O4S. The van der Waals surface area contributed by atoms with E-state index < -0.39 is 10.0 Å². The van der Waals surface area contributed by atoms with Crippen molar-refractivity contribution < 1.29 is 18.3 Å². The molecule has 0 spiro atoms. The highest BCUT2D eigenvalue weighted by molar-refractivity contribution is 9.10. The number of rotatable bonds is 8. The van der Waals surface area contributed by atoms with Crippen LogP contribution in [-0.2, 0) is 14.8 Å². The van der Waals surface area contributed by atoms with Gasteiger partial charge < -0.3 is 15.2 Å². The Balaban J connectivity index is 3.21. The highest BCUT2D eigenvalue weighted by Gasteiger charge is 2.27. The van der Waals surface area contributed by atoms with Gasteiger partial charge in [-0.2, -0.15) is 4.31 Å². The first-order valence-electron chi connectivity index (χ1n) is 5.90. The highest BCUT2D eigenvalue weighted by atomic mass is 79.9. The molecule has 0 fully saturated rings. The minimum atomic E-state index is -3.76. The number of halogens is 1. The number of sulfonamides is 1. The molecule has 0 amide bonds. The lowest BCUT2D eigenvalue weighted by Crippen LogP contribution is -2.36.